The Morgan fingerprint density at radius 1 is 1.30 bits per heavy atom. The molecule has 1 fully saturated rings. The molecule has 0 aromatic carbocycles. The van der Waals surface area contributed by atoms with Gasteiger partial charge in [0.05, 0.1) is 11.5 Å². The van der Waals surface area contributed by atoms with E-state index in [1.807, 2.05) is 6.92 Å². The van der Waals surface area contributed by atoms with E-state index in [9.17, 15) is 15.0 Å². The number of rotatable bonds is 2. The van der Waals surface area contributed by atoms with Gasteiger partial charge in [-0.05, 0) is 67.8 Å². The van der Waals surface area contributed by atoms with Crippen LogP contribution >= 0.6 is 0 Å². The summed E-state index contributed by atoms with van der Waals surface area (Å²) in [6, 6.07) is 0. The predicted octanol–water partition coefficient (Wildman–Crippen LogP) is 4.18. The van der Waals surface area contributed by atoms with Gasteiger partial charge in [0, 0.05) is 0 Å². The van der Waals surface area contributed by atoms with Crippen LogP contribution in [0.5, 0.6) is 0 Å². The van der Waals surface area contributed by atoms with Crippen molar-refractivity contribution in [1.82, 2.24) is 0 Å². The van der Waals surface area contributed by atoms with Gasteiger partial charge in [-0.2, -0.15) is 0 Å². The summed E-state index contributed by atoms with van der Waals surface area (Å²) in [5.74, 6) is 0.318. The van der Waals surface area contributed by atoms with Gasteiger partial charge in [-0.1, -0.05) is 38.5 Å². The Morgan fingerprint density at radius 2 is 2.00 bits per heavy atom. The third-order valence-corrected chi connectivity index (χ3v) is 6.99. The first-order valence-electron chi connectivity index (χ1n) is 9.00. The lowest BCUT2D eigenvalue weighted by molar-refractivity contribution is -0.170. The number of aliphatic hydroxyl groups is 1. The predicted molar refractivity (Wildman–Crippen MR) is 90.9 cm³/mol. The van der Waals surface area contributed by atoms with Gasteiger partial charge in [0.1, 0.15) is 0 Å². The normalized spacial score (nSPS) is 43.3. The van der Waals surface area contributed by atoms with Crippen LogP contribution in [0.1, 0.15) is 59.8 Å². The van der Waals surface area contributed by atoms with Crippen LogP contribution < -0.4 is 0 Å². The summed E-state index contributed by atoms with van der Waals surface area (Å²) < 4.78 is 0. The van der Waals surface area contributed by atoms with Crippen LogP contribution in [-0.2, 0) is 4.79 Å². The maximum absolute atomic E-state index is 12.0. The number of fused-ring (bicyclic) bond motifs is 3. The van der Waals surface area contributed by atoms with Crippen molar-refractivity contribution in [3.63, 3.8) is 0 Å². The van der Waals surface area contributed by atoms with Crippen molar-refractivity contribution in [2.75, 3.05) is 0 Å². The Hall–Kier alpha value is -1.09. The highest BCUT2D eigenvalue weighted by molar-refractivity contribution is 5.75. The molecule has 0 aromatic heterocycles. The molecular weight excluding hydrogens is 288 g/mol. The minimum atomic E-state index is -0.823. The average molecular weight is 318 g/mol. The number of hydrogen-bond donors (Lipinski definition) is 2. The van der Waals surface area contributed by atoms with Crippen LogP contribution in [0.3, 0.4) is 0 Å². The van der Waals surface area contributed by atoms with Crippen LogP contribution in [0.15, 0.2) is 23.3 Å². The van der Waals surface area contributed by atoms with Gasteiger partial charge >= 0.3 is 5.97 Å². The van der Waals surface area contributed by atoms with Crippen LogP contribution in [-0.4, -0.2) is 22.3 Å². The van der Waals surface area contributed by atoms with Gasteiger partial charge in [0.25, 0.3) is 0 Å². The smallest absolute Gasteiger partial charge is 0.309 e. The van der Waals surface area contributed by atoms with Gasteiger partial charge in [-0.15, -0.1) is 0 Å². The molecule has 0 heterocycles. The maximum atomic E-state index is 12.0. The fraction of sp³-hybridized carbons (Fsp3) is 0.750. The van der Waals surface area contributed by atoms with Gasteiger partial charge in [-0.25, -0.2) is 0 Å². The summed E-state index contributed by atoms with van der Waals surface area (Å²) in [6.45, 7) is 8.56. The minimum absolute atomic E-state index is 0.110. The van der Waals surface area contributed by atoms with Crippen LogP contribution in [0.4, 0.5) is 0 Å². The number of hydrogen-bond acceptors (Lipinski definition) is 2. The van der Waals surface area contributed by atoms with Crippen LogP contribution in [0.2, 0.25) is 0 Å². The van der Waals surface area contributed by atoms with Crippen LogP contribution in [0.25, 0.3) is 0 Å². The second-order valence-electron chi connectivity index (χ2n) is 8.75. The van der Waals surface area contributed by atoms with Crippen molar-refractivity contribution in [1.29, 1.82) is 0 Å². The molecule has 3 aliphatic carbocycles. The summed E-state index contributed by atoms with van der Waals surface area (Å²) in [4.78, 5) is 12.0. The van der Waals surface area contributed by atoms with Gasteiger partial charge < -0.3 is 10.2 Å². The summed E-state index contributed by atoms with van der Waals surface area (Å²) in [5, 5.41) is 20.3. The third kappa shape index (κ3) is 2.48. The Balaban J connectivity index is 2.03. The topological polar surface area (TPSA) is 57.5 Å². The van der Waals surface area contributed by atoms with Crippen molar-refractivity contribution in [2.24, 2.45) is 28.6 Å². The zero-order chi connectivity index (χ0) is 17.0. The first-order chi connectivity index (χ1) is 10.7. The molecule has 0 aliphatic heterocycles. The lowest BCUT2D eigenvalue weighted by Crippen LogP contribution is -2.56. The molecule has 3 heteroatoms. The van der Waals surface area contributed by atoms with E-state index in [2.05, 4.69) is 32.9 Å². The number of carbonyl (C=O) groups is 1. The molecule has 3 rings (SSSR count). The number of carboxylic acid groups (broad SMARTS) is 1. The Labute approximate surface area is 139 Å². The van der Waals surface area contributed by atoms with E-state index in [1.54, 1.807) is 0 Å². The summed E-state index contributed by atoms with van der Waals surface area (Å²) in [5.41, 5.74) is 1.96. The lowest BCUT2D eigenvalue weighted by Gasteiger charge is -2.58. The molecule has 0 aromatic rings. The lowest BCUT2D eigenvalue weighted by atomic mass is 9.46. The van der Waals surface area contributed by atoms with Crippen molar-refractivity contribution in [3.05, 3.63) is 23.3 Å². The van der Waals surface area contributed by atoms with E-state index >= 15 is 0 Å². The number of carboxylic acids is 1. The zero-order valence-corrected chi connectivity index (χ0v) is 14.8. The first kappa shape index (κ1) is 16.8. The molecule has 0 saturated heterocycles. The molecule has 128 valence electrons. The Morgan fingerprint density at radius 3 is 2.61 bits per heavy atom. The van der Waals surface area contributed by atoms with E-state index in [0.717, 1.165) is 25.7 Å². The third-order valence-electron chi connectivity index (χ3n) is 6.99. The second-order valence-corrected chi connectivity index (χ2v) is 8.75. The molecule has 2 N–H and O–H groups in total. The highest BCUT2D eigenvalue weighted by atomic mass is 16.4. The maximum Gasteiger partial charge on any atom is 0.309 e. The summed E-state index contributed by atoms with van der Waals surface area (Å²) >= 11 is 0. The van der Waals surface area contributed by atoms with E-state index in [4.69, 9.17) is 0 Å². The van der Waals surface area contributed by atoms with Crippen molar-refractivity contribution < 1.29 is 15.0 Å². The van der Waals surface area contributed by atoms with Gasteiger partial charge in [0.15, 0.2) is 0 Å². The highest BCUT2D eigenvalue weighted by Gasteiger charge is 2.59. The second kappa shape index (κ2) is 5.47. The molecule has 0 spiro atoms. The molecule has 1 unspecified atom stereocenters. The first-order valence-corrected chi connectivity index (χ1v) is 9.00. The number of aliphatic hydroxyl groups excluding tert-OH is 1. The molecule has 0 amide bonds. The molecule has 5 atom stereocenters. The molecule has 3 nitrogen and oxygen atoms in total. The van der Waals surface area contributed by atoms with Crippen LogP contribution in [0, 0.1) is 28.6 Å². The van der Waals surface area contributed by atoms with Gasteiger partial charge in [0.2, 0.25) is 0 Å². The summed E-state index contributed by atoms with van der Waals surface area (Å²) in [6.07, 6.45) is 8.26. The van der Waals surface area contributed by atoms with Crippen molar-refractivity contribution >= 4 is 5.97 Å². The van der Waals surface area contributed by atoms with Crippen molar-refractivity contribution in [3.8, 4) is 0 Å². The quantitative estimate of drug-likeness (QED) is 0.803. The fourth-order valence-electron chi connectivity index (χ4n) is 5.72. The molecular formula is C20H30O3. The summed E-state index contributed by atoms with van der Waals surface area (Å²) in [7, 11) is 0. The monoisotopic (exact) mass is 318 g/mol. The highest BCUT2D eigenvalue weighted by Crippen LogP contribution is 2.62. The minimum Gasteiger partial charge on any atom is -0.481 e. The molecule has 1 saturated carbocycles. The van der Waals surface area contributed by atoms with Crippen molar-refractivity contribution in [2.45, 2.75) is 65.9 Å². The van der Waals surface area contributed by atoms with E-state index in [-0.39, 0.29) is 11.3 Å². The molecule has 0 bridgehead atoms. The largest absolute Gasteiger partial charge is 0.481 e. The van der Waals surface area contributed by atoms with E-state index in [1.165, 1.54) is 11.1 Å². The number of aliphatic carboxylic acids is 1. The van der Waals surface area contributed by atoms with E-state index < -0.39 is 17.5 Å². The standard InChI is InChI=1S/C20H30O3/c1-12(2)13-5-7-16-14(9-13)6-8-17-19(16,3)10-15(21)11-20(17,4)18(22)23/h6,9,12,15-17,21H,5,7-8,10-11H2,1-4H3,(H,22,23)/t15?,16-,17+,19+,20+/m0/s1. The average Bonchev–Trinajstić information content (AvgIpc) is 2.45. The Bertz CT molecular complexity index is 573. The SMILES string of the molecule is CC(C)C1=CC2=CC[C@@H]3[C@](C)(CC(O)C[C@@]3(C)C(=O)O)[C@H]2CC1. The fourth-order valence-corrected chi connectivity index (χ4v) is 5.72. The van der Waals surface area contributed by atoms with E-state index in [0.29, 0.717) is 18.3 Å². The molecule has 0 radical (unpaired) electrons. The van der Waals surface area contributed by atoms with Gasteiger partial charge in [-0.3, -0.25) is 4.79 Å². The number of allylic oxidation sites excluding steroid dienone is 4. The molecule has 3 aliphatic rings. The zero-order valence-electron chi connectivity index (χ0n) is 14.8. The molecule has 23 heavy (non-hydrogen) atoms. The Kier molecular flexibility index (Phi) is 3.99.